The second-order valence-corrected chi connectivity index (χ2v) is 32.7. The number of nitrogens with zero attached hydrogens (tertiary/aromatic N) is 4. The Hall–Kier alpha value is -0.240. The smallest absolute Gasteiger partial charge is 0.0750 e. The van der Waals surface area contributed by atoms with Gasteiger partial charge in [0.15, 0.2) is 0 Å². The Morgan fingerprint density at radius 1 is 0.328 bits per heavy atom. The average molecular weight is 947 g/mol. The molecule has 5 heterocycles. The van der Waals surface area contributed by atoms with Crippen molar-refractivity contribution in [3.8, 4) is 0 Å². The fourth-order valence-electron chi connectivity index (χ4n) is 10.2. The van der Waals surface area contributed by atoms with Crippen molar-refractivity contribution in [3.63, 3.8) is 0 Å². The molecule has 0 aromatic rings. The SMILES string of the molecule is CC(C)(C)C1CCN(C(C)(C)C)C1.CC(C)(C)C1CCN(C(C)(C)C)CC1.CC(C)(C)C1CCNC(C(C)(C)C)C1.CC(C)(C)C1CN(C(C)(C)C)C1.CC(C)(C)C1CN(C(C)(C)C)CCO1. The highest BCUT2D eigenvalue weighted by Crippen LogP contribution is 2.40. The molecule has 6 heteroatoms. The monoisotopic (exact) mass is 946 g/mol. The summed E-state index contributed by atoms with van der Waals surface area (Å²) in [5.74, 6) is 3.58. The van der Waals surface area contributed by atoms with Gasteiger partial charge in [-0.05, 0) is 198 Å². The largest absolute Gasteiger partial charge is 0.375 e. The molecule has 0 aromatic carbocycles. The predicted octanol–water partition coefficient (Wildman–Crippen LogP) is 15.4. The molecule has 4 unspecified atom stereocenters. The highest BCUT2D eigenvalue weighted by molar-refractivity contribution is 4.94. The molecule has 0 aromatic heterocycles. The minimum Gasteiger partial charge on any atom is -0.375 e. The standard InChI is InChI=1S/2C13H27N.C12H25NO.C12H25N.C11H23N/c1-12(2,3)11-7-9-14(10-8-11)13(4,5)6;1-12(2,3)10-7-8-14-11(9-10)13(4,5)6;1-11(2,3)10-9-13(7-8-14-10)12(4,5)6;1-11(2,3)10-7-8-13(9-10)12(4,5)6;1-10(2,3)9-7-12(8-9)11(4,5)6/h11H,7-10H2,1-6H3;10-11,14H,7-9H2,1-6H3;10H,7-9H2,1-6H3;10H,7-9H2,1-6H3;9H,7-8H2,1-6H3. The van der Waals surface area contributed by atoms with Crippen molar-refractivity contribution in [2.75, 3.05) is 65.5 Å². The fourth-order valence-corrected chi connectivity index (χ4v) is 10.2. The number of piperidine rings is 2. The van der Waals surface area contributed by atoms with Crippen molar-refractivity contribution in [3.05, 3.63) is 0 Å². The van der Waals surface area contributed by atoms with E-state index in [0.29, 0.717) is 55.8 Å². The Kier molecular flexibility index (Phi) is 23.4. The third-order valence-corrected chi connectivity index (χ3v) is 16.7. The van der Waals surface area contributed by atoms with Crippen LogP contribution in [-0.4, -0.2) is 119 Å². The van der Waals surface area contributed by atoms with E-state index < -0.39 is 0 Å². The highest BCUT2D eigenvalue weighted by Gasteiger charge is 2.41. The molecule has 0 radical (unpaired) electrons. The molecule has 0 saturated carbocycles. The van der Waals surface area contributed by atoms with Crippen LogP contribution in [0.25, 0.3) is 0 Å². The van der Waals surface area contributed by atoms with Crippen molar-refractivity contribution in [2.24, 2.45) is 56.2 Å². The summed E-state index contributed by atoms with van der Waals surface area (Å²) < 4.78 is 5.83. The van der Waals surface area contributed by atoms with Gasteiger partial charge >= 0.3 is 0 Å². The molecule has 5 saturated heterocycles. The third kappa shape index (κ3) is 23.5. The van der Waals surface area contributed by atoms with E-state index in [-0.39, 0.29) is 11.0 Å². The van der Waals surface area contributed by atoms with Crippen molar-refractivity contribution < 1.29 is 4.74 Å². The van der Waals surface area contributed by atoms with Gasteiger partial charge in [0.25, 0.3) is 0 Å². The molecule has 0 aliphatic carbocycles. The molecule has 5 aliphatic heterocycles. The lowest BCUT2D eigenvalue weighted by atomic mass is 9.69. The zero-order valence-electron chi connectivity index (χ0n) is 51.8. The van der Waals surface area contributed by atoms with Gasteiger partial charge in [-0.2, -0.15) is 0 Å². The summed E-state index contributed by atoms with van der Waals surface area (Å²) in [4.78, 5) is 10.3. The van der Waals surface area contributed by atoms with Gasteiger partial charge in [-0.3, -0.25) is 19.6 Å². The third-order valence-electron chi connectivity index (χ3n) is 16.7. The fraction of sp³-hybridized carbons (Fsp3) is 1.00. The van der Waals surface area contributed by atoms with E-state index in [2.05, 4.69) is 233 Å². The van der Waals surface area contributed by atoms with Crippen LogP contribution in [0.4, 0.5) is 0 Å². The first-order chi connectivity index (χ1) is 29.6. The normalized spacial score (nSPS) is 25.9. The molecule has 0 spiro atoms. The first kappa shape index (κ1) is 64.8. The quantitative estimate of drug-likeness (QED) is 0.261. The molecule has 402 valence electrons. The molecular weight excluding hydrogens is 819 g/mol. The van der Waals surface area contributed by atoms with Gasteiger partial charge in [0, 0.05) is 60.9 Å². The van der Waals surface area contributed by atoms with Gasteiger partial charge in [-0.15, -0.1) is 0 Å². The van der Waals surface area contributed by atoms with Crippen molar-refractivity contribution in [1.29, 1.82) is 0 Å². The Balaban J connectivity index is 0.000000419. The van der Waals surface area contributed by atoms with E-state index in [1.54, 1.807) is 0 Å². The van der Waals surface area contributed by atoms with E-state index in [9.17, 15) is 0 Å². The van der Waals surface area contributed by atoms with E-state index in [1.807, 2.05) is 0 Å². The number of hydrogen-bond acceptors (Lipinski definition) is 6. The van der Waals surface area contributed by atoms with E-state index in [1.165, 1.54) is 77.9 Å². The summed E-state index contributed by atoms with van der Waals surface area (Å²) in [5.41, 5.74) is 4.00. The zero-order valence-corrected chi connectivity index (χ0v) is 51.8. The van der Waals surface area contributed by atoms with Crippen LogP contribution in [0.3, 0.4) is 0 Å². The van der Waals surface area contributed by atoms with Crippen molar-refractivity contribution in [2.45, 2.75) is 274 Å². The topological polar surface area (TPSA) is 34.2 Å². The summed E-state index contributed by atoms with van der Waals surface area (Å²) in [6, 6.07) is 0.695. The number of ether oxygens (including phenoxy) is 1. The van der Waals surface area contributed by atoms with Crippen LogP contribution in [0.5, 0.6) is 0 Å². The lowest BCUT2D eigenvalue weighted by molar-refractivity contribution is -0.100. The van der Waals surface area contributed by atoms with Crippen LogP contribution in [-0.2, 0) is 4.74 Å². The van der Waals surface area contributed by atoms with Gasteiger partial charge < -0.3 is 10.1 Å². The lowest BCUT2D eigenvalue weighted by Crippen LogP contribution is -2.59. The van der Waals surface area contributed by atoms with Crippen LogP contribution in [0.2, 0.25) is 0 Å². The molecule has 67 heavy (non-hydrogen) atoms. The maximum absolute atomic E-state index is 5.83. The van der Waals surface area contributed by atoms with E-state index in [4.69, 9.17) is 4.74 Å². The molecule has 5 fully saturated rings. The van der Waals surface area contributed by atoms with Crippen LogP contribution < -0.4 is 5.32 Å². The molecule has 5 rings (SSSR count). The molecule has 4 atom stereocenters. The van der Waals surface area contributed by atoms with Gasteiger partial charge in [-0.25, -0.2) is 0 Å². The minimum absolute atomic E-state index is 0.254. The van der Waals surface area contributed by atoms with E-state index in [0.717, 1.165) is 43.4 Å². The number of likely N-dealkylation sites (tertiary alicyclic amines) is 3. The maximum Gasteiger partial charge on any atom is 0.0750 e. The summed E-state index contributed by atoms with van der Waals surface area (Å²) in [6.45, 7) is 81.7. The van der Waals surface area contributed by atoms with Gasteiger partial charge in [-0.1, -0.05) is 125 Å². The summed E-state index contributed by atoms with van der Waals surface area (Å²) in [5, 5.41) is 3.66. The zero-order chi connectivity index (χ0) is 52.8. The summed E-state index contributed by atoms with van der Waals surface area (Å²) in [6.07, 6.45) is 7.18. The van der Waals surface area contributed by atoms with E-state index >= 15 is 0 Å². The average Bonchev–Trinajstić information content (AvgIpc) is 3.62. The second-order valence-electron chi connectivity index (χ2n) is 32.7. The molecule has 6 nitrogen and oxygen atoms in total. The lowest BCUT2D eigenvalue weighted by Gasteiger charge is -2.52. The Morgan fingerprint density at radius 2 is 0.687 bits per heavy atom. The van der Waals surface area contributed by atoms with Crippen LogP contribution >= 0.6 is 0 Å². The number of nitrogens with one attached hydrogen (secondary N) is 1. The number of morpholine rings is 1. The van der Waals surface area contributed by atoms with Gasteiger partial charge in [0.1, 0.15) is 0 Å². The molecule has 1 N–H and O–H groups in total. The first-order valence-corrected chi connectivity index (χ1v) is 27.9. The van der Waals surface area contributed by atoms with Gasteiger partial charge in [0.05, 0.1) is 12.7 Å². The van der Waals surface area contributed by atoms with Crippen molar-refractivity contribution in [1.82, 2.24) is 24.9 Å². The Morgan fingerprint density at radius 3 is 1.01 bits per heavy atom. The molecule has 0 amide bonds. The Labute approximate surface area is 423 Å². The Bertz CT molecular complexity index is 1220. The number of hydrogen-bond donors (Lipinski definition) is 1. The van der Waals surface area contributed by atoms with Crippen LogP contribution in [0.15, 0.2) is 0 Å². The predicted molar refractivity (Wildman–Crippen MR) is 301 cm³/mol. The summed E-state index contributed by atoms with van der Waals surface area (Å²) >= 11 is 0. The summed E-state index contributed by atoms with van der Waals surface area (Å²) in [7, 11) is 0. The highest BCUT2D eigenvalue weighted by atomic mass is 16.5. The maximum atomic E-state index is 5.83. The molecule has 0 bridgehead atoms. The second kappa shape index (κ2) is 24.2. The van der Waals surface area contributed by atoms with Crippen LogP contribution in [0, 0.1) is 56.2 Å². The number of rotatable bonds is 0. The molecular formula is C61H127N5O. The van der Waals surface area contributed by atoms with Crippen LogP contribution in [0.1, 0.15) is 240 Å². The molecule has 5 aliphatic rings. The van der Waals surface area contributed by atoms with Gasteiger partial charge in [0.2, 0.25) is 0 Å². The van der Waals surface area contributed by atoms with Crippen molar-refractivity contribution >= 4 is 0 Å². The first-order valence-electron chi connectivity index (χ1n) is 27.9. The minimum atomic E-state index is 0.254.